The van der Waals surface area contributed by atoms with Crippen molar-refractivity contribution in [2.45, 2.75) is 75.8 Å². The van der Waals surface area contributed by atoms with Gasteiger partial charge in [0.15, 0.2) is 0 Å². The number of rotatable bonds is 9. The number of nitrogens with two attached hydrogens (primary N) is 1. The number of hydrogen-bond donors (Lipinski definition) is 3. The molecule has 16 heteroatoms. The maximum Gasteiger partial charge on any atom is 0.319 e. The van der Waals surface area contributed by atoms with Crippen LogP contribution in [0, 0.1) is 11.8 Å². The van der Waals surface area contributed by atoms with Gasteiger partial charge in [0, 0.05) is 51.3 Å². The molecular formula is C49H55N9O7. The predicted octanol–water partition coefficient (Wildman–Crippen LogP) is 5.62. The lowest BCUT2D eigenvalue weighted by Gasteiger charge is -2.42. The first-order valence-corrected chi connectivity index (χ1v) is 23.2. The molecule has 7 heterocycles. The second-order valence-electron chi connectivity index (χ2n) is 18.5. The highest BCUT2D eigenvalue weighted by Crippen LogP contribution is 2.41. The fraction of sp³-hybridized carbons (Fsp3) is 0.449. The summed E-state index contributed by atoms with van der Waals surface area (Å²) < 4.78 is 7.95. The van der Waals surface area contributed by atoms with E-state index in [4.69, 9.17) is 15.6 Å². The second kappa shape index (κ2) is 17.8. The van der Waals surface area contributed by atoms with Crippen molar-refractivity contribution in [2.24, 2.45) is 17.6 Å². The Morgan fingerprint density at radius 3 is 2.11 bits per heavy atom. The van der Waals surface area contributed by atoms with E-state index in [1.165, 1.54) is 0 Å². The minimum atomic E-state index is -0.971. The molecule has 4 aromatic rings. The van der Waals surface area contributed by atoms with Crippen LogP contribution < -0.4 is 21.1 Å². The highest BCUT2D eigenvalue weighted by molar-refractivity contribution is 6.23. The van der Waals surface area contributed by atoms with Gasteiger partial charge in [0.2, 0.25) is 11.8 Å². The lowest BCUT2D eigenvalue weighted by Crippen LogP contribution is -2.54. The molecule has 6 aliphatic rings. The molecule has 3 aromatic carbocycles. The molecule has 338 valence electrons. The van der Waals surface area contributed by atoms with Crippen molar-refractivity contribution in [1.82, 2.24) is 34.7 Å². The van der Waals surface area contributed by atoms with Gasteiger partial charge in [0.1, 0.15) is 34.6 Å². The molecule has 2 atom stereocenters. The fourth-order valence-electron chi connectivity index (χ4n) is 11.0. The largest absolute Gasteiger partial charge is 0.457 e. The number of benzene rings is 3. The van der Waals surface area contributed by atoms with Gasteiger partial charge in [-0.1, -0.05) is 24.3 Å². The number of primary amides is 1. The molecule has 4 fully saturated rings. The van der Waals surface area contributed by atoms with Crippen LogP contribution in [0.25, 0.3) is 11.3 Å². The lowest BCUT2D eigenvalue weighted by molar-refractivity contribution is -0.136. The van der Waals surface area contributed by atoms with Crippen LogP contribution in [0.1, 0.15) is 106 Å². The molecular weight excluding hydrogens is 827 g/mol. The Hall–Kier alpha value is -6.55. The highest BCUT2D eigenvalue weighted by atomic mass is 16.5. The molecule has 0 radical (unpaired) electrons. The number of carbonyl (C=O) groups is 6. The number of nitrogens with zero attached hydrogens (tertiary/aromatic N) is 6. The summed E-state index contributed by atoms with van der Waals surface area (Å²) in [4.78, 5) is 85.0. The average molecular weight is 882 g/mol. The number of aromatic nitrogens is 2. The van der Waals surface area contributed by atoms with Crippen LogP contribution in [0.3, 0.4) is 0 Å². The van der Waals surface area contributed by atoms with Gasteiger partial charge >= 0.3 is 6.03 Å². The van der Waals surface area contributed by atoms with Gasteiger partial charge in [-0.05, 0) is 136 Å². The number of ether oxygens (including phenoxy) is 1. The van der Waals surface area contributed by atoms with Crippen molar-refractivity contribution < 1.29 is 33.5 Å². The first kappa shape index (κ1) is 42.4. The first-order chi connectivity index (χ1) is 31.6. The van der Waals surface area contributed by atoms with Crippen LogP contribution in [-0.4, -0.2) is 123 Å². The van der Waals surface area contributed by atoms with Crippen molar-refractivity contribution in [3.05, 3.63) is 95.1 Å². The highest BCUT2D eigenvalue weighted by Gasteiger charge is 2.45. The molecule has 0 saturated carbocycles. The van der Waals surface area contributed by atoms with Gasteiger partial charge in [-0.15, -0.1) is 0 Å². The van der Waals surface area contributed by atoms with Gasteiger partial charge in [0.05, 0.1) is 17.2 Å². The SMILES string of the molecule is NC(=O)c1c(-c2ccc(Oc3ccccc3)cc2)nn2c1NCCC2C1CCN(C(=O)N2CCC(CN3CCC(c4ccc5c(c4)C(=O)N(C4CCC(=O)NC4=O)C5=O)CC3)CC2)CC1. The molecule has 0 aliphatic carbocycles. The fourth-order valence-corrected chi connectivity index (χ4v) is 11.0. The molecule has 0 spiro atoms. The molecule has 4 N–H and O–H groups in total. The number of amides is 7. The maximum atomic E-state index is 13.8. The normalized spacial score (nSPS) is 22.4. The summed E-state index contributed by atoms with van der Waals surface area (Å²) >= 11 is 0. The summed E-state index contributed by atoms with van der Waals surface area (Å²) in [5, 5.41) is 10.7. The molecule has 4 saturated heterocycles. The topological polar surface area (TPSA) is 193 Å². The van der Waals surface area contributed by atoms with Crippen LogP contribution >= 0.6 is 0 Å². The number of urea groups is 1. The standard InChI is InChI=1S/C49H55N9O7/c50-44(60)42-43(33-6-9-36(10-7-33)65-35-4-2-1-3-5-35)53-58-39(14-21-51-45(42)58)32-19-26-56(27-20-32)49(64)55-24-15-30(16-25-55)29-54-22-17-31(18-23-54)34-8-11-37-38(28-34)48(63)57(47(37)62)40-12-13-41(59)52-46(40)61/h1-11,28,30-32,39-40,51H,12-27,29H2,(H2,50,60)(H,52,59,61). The number of anilines is 1. The molecule has 6 aliphatic heterocycles. The van der Waals surface area contributed by atoms with Crippen LogP contribution in [0.5, 0.6) is 11.5 Å². The second-order valence-corrected chi connectivity index (χ2v) is 18.5. The Bertz CT molecular complexity index is 2500. The minimum Gasteiger partial charge on any atom is -0.457 e. The molecule has 16 nitrogen and oxygen atoms in total. The predicted molar refractivity (Wildman–Crippen MR) is 240 cm³/mol. The smallest absolute Gasteiger partial charge is 0.319 e. The van der Waals surface area contributed by atoms with E-state index >= 15 is 0 Å². The third-order valence-electron chi connectivity index (χ3n) is 14.6. The van der Waals surface area contributed by atoms with Crippen LogP contribution in [0.2, 0.25) is 0 Å². The zero-order valence-corrected chi connectivity index (χ0v) is 36.5. The van der Waals surface area contributed by atoms with Crippen molar-refractivity contribution in [3.8, 4) is 22.8 Å². The monoisotopic (exact) mass is 881 g/mol. The van der Waals surface area contributed by atoms with Gasteiger partial charge in [-0.2, -0.15) is 5.10 Å². The molecule has 7 amide bonds. The van der Waals surface area contributed by atoms with Crippen molar-refractivity contribution >= 4 is 41.4 Å². The number of hydrogen-bond acceptors (Lipinski definition) is 10. The van der Waals surface area contributed by atoms with E-state index in [1.54, 1.807) is 6.07 Å². The van der Waals surface area contributed by atoms with E-state index < -0.39 is 35.6 Å². The summed E-state index contributed by atoms with van der Waals surface area (Å²) in [6.45, 7) is 6.45. The van der Waals surface area contributed by atoms with E-state index in [0.29, 0.717) is 65.4 Å². The number of carbonyl (C=O) groups excluding carboxylic acids is 6. The number of fused-ring (bicyclic) bond motifs is 2. The third kappa shape index (κ3) is 8.35. The molecule has 2 unspecified atom stereocenters. The minimum absolute atomic E-state index is 0.0814. The van der Waals surface area contributed by atoms with Crippen molar-refractivity contribution in [3.63, 3.8) is 0 Å². The Morgan fingerprint density at radius 2 is 1.42 bits per heavy atom. The average Bonchev–Trinajstić information content (AvgIpc) is 3.84. The molecule has 0 bridgehead atoms. The van der Waals surface area contributed by atoms with Crippen LogP contribution in [0.15, 0.2) is 72.8 Å². The first-order valence-electron chi connectivity index (χ1n) is 23.2. The number of piperidine rings is 4. The van der Waals surface area contributed by atoms with Gasteiger partial charge in [0.25, 0.3) is 17.7 Å². The summed E-state index contributed by atoms with van der Waals surface area (Å²) in [6, 6.07) is 21.8. The summed E-state index contributed by atoms with van der Waals surface area (Å²) in [5.74, 6) is 0.691. The van der Waals surface area contributed by atoms with Crippen LogP contribution in [-0.2, 0) is 9.59 Å². The Labute approximate surface area is 377 Å². The van der Waals surface area contributed by atoms with Gasteiger partial charge in [-0.25, -0.2) is 9.48 Å². The van der Waals surface area contributed by atoms with Crippen molar-refractivity contribution in [2.75, 3.05) is 57.7 Å². The molecule has 65 heavy (non-hydrogen) atoms. The van der Waals surface area contributed by atoms with Gasteiger partial charge < -0.3 is 30.5 Å². The quantitative estimate of drug-likeness (QED) is 0.178. The Morgan fingerprint density at radius 1 is 0.738 bits per heavy atom. The van der Waals surface area contributed by atoms with Crippen LogP contribution in [0.4, 0.5) is 10.6 Å². The summed E-state index contributed by atoms with van der Waals surface area (Å²) in [7, 11) is 0. The number of para-hydroxylation sites is 1. The lowest BCUT2D eigenvalue weighted by atomic mass is 9.86. The van der Waals surface area contributed by atoms with E-state index in [-0.39, 0.29) is 30.8 Å². The van der Waals surface area contributed by atoms with E-state index in [2.05, 4.69) is 15.5 Å². The zero-order chi connectivity index (χ0) is 44.8. The molecule has 1 aromatic heterocycles. The number of nitrogens with one attached hydrogen (secondary N) is 2. The zero-order valence-electron chi connectivity index (χ0n) is 36.5. The Kier molecular flexibility index (Phi) is 11.6. The number of likely N-dealkylation sites (tertiary alicyclic amines) is 3. The maximum absolute atomic E-state index is 13.8. The van der Waals surface area contributed by atoms with E-state index in [0.717, 1.165) is 99.4 Å². The number of imide groups is 2. The van der Waals surface area contributed by atoms with E-state index in [9.17, 15) is 28.8 Å². The molecule has 10 rings (SSSR count). The van der Waals surface area contributed by atoms with Crippen molar-refractivity contribution in [1.29, 1.82) is 0 Å². The Balaban J connectivity index is 0.690. The third-order valence-corrected chi connectivity index (χ3v) is 14.6. The van der Waals surface area contributed by atoms with Gasteiger partial charge in [-0.3, -0.25) is 34.2 Å². The summed E-state index contributed by atoms with van der Waals surface area (Å²) in [5.41, 5.74) is 9.39. The summed E-state index contributed by atoms with van der Waals surface area (Å²) in [6.07, 6.45) is 6.63. The van der Waals surface area contributed by atoms with E-state index in [1.807, 2.05) is 81.2 Å².